The van der Waals surface area contributed by atoms with Crippen molar-refractivity contribution in [3.63, 3.8) is 0 Å². The number of phenols is 1. The summed E-state index contributed by atoms with van der Waals surface area (Å²) < 4.78 is 34.5. The van der Waals surface area contributed by atoms with Crippen molar-refractivity contribution in [2.24, 2.45) is 9.98 Å². The molecule has 32 heavy (non-hydrogen) atoms. The van der Waals surface area contributed by atoms with Crippen molar-refractivity contribution in [1.82, 2.24) is 19.8 Å². The quantitative estimate of drug-likeness (QED) is 0.541. The maximum Gasteiger partial charge on any atom is 0.296 e. The van der Waals surface area contributed by atoms with Gasteiger partial charge in [-0.1, -0.05) is 12.1 Å². The van der Waals surface area contributed by atoms with Gasteiger partial charge in [0, 0.05) is 18.8 Å². The third-order valence-corrected chi connectivity index (χ3v) is 5.22. The summed E-state index contributed by atoms with van der Waals surface area (Å²) in [7, 11) is 0. The average molecular weight is 441 g/mol. The van der Waals surface area contributed by atoms with Gasteiger partial charge in [0.1, 0.15) is 5.75 Å². The van der Waals surface area contributed by atoms with E-state index in [0.717, 1.165) is 0 Å². The summed E-state index contributed by atoms with van der Waals surface area (Å²) in [4.78, 5) is 15.3. The first-order valence-electron chi connectivity index (χ1n) is 10.2. The van der Waals surface area contributed by atoms with Crippen LogP contribution in [0.4, 0.5) is 14.5 Å². The van der Waals surface area contributed by atoms with Crippen LogP contribution < -0.4 is 10.6 Å². The highest BCUT2D eigenvalue weighted by Crippen LogP contribution is 2.25. The van der Waals surface area contributed by atoms with Crippen molar-refractivity contribution in [3.8, 4) is 5.75 Å². The minimum atomic E-state index is -2.79. The fourth-order valence-corrected chi connectivity index (χ4v) is 3.68. The van der Waals surface area contributed by atoms with Gasteiger partial charge in [0.2, 0.25) is 11.9 Å². The molecule has 2 aromatic carbocycles. The number of phenolic OH excluding ortho intramolecular Hbond substituents is 1. The van der Waals surface area contributed by atoms with Gasteiger partial charge in [-0.15, -0.1) is 0 Å². The van der Waals surface area contributed by atoms with Crippen molar-refractivity contribution in [2.75, 3.05) is 31.6 Å². The molecule has 1 atom stereocenters. The molecule has 0 amide bonds. The Morgan fingerprint density at radius 3 is 2.59 bits per heavy atom. The van der Waals surface area contributed by atoms with Crippen LogP contribution in [-0.4, -0.2) is 64.1 Å². The van der Waals surface area contributed by atoms with Gasteiger partial charge in [0.05, 0.1) is 24.2 Å². The summed E-state index contributed by atoms with van der Waals surface area (Å²) in [5, 5.41) is 15.8. The second-order valence-electron chi connectivity index (χ2n) is 7.32. The van der Waals surface area contributed by atoms with E-state index in [-0.39, 0.29) is 17.7 Å². The largest absolute Gasteiger partial charge is 0.508 e. The summed E-state index contributed by atoms with van der Waals surface area (Å²) in [6.07, 6.45) is -3.32. The van der Waals surface area contributed by atoms with E-state index in [2.05, 4.69) is 30.5 Å². The lowest BCUT2D eigenvalue weighted by Gasteiger charge is -2.35. The molecule has 1 aromatic heterocycles. The summed E-state index contributed by atoms with van der Waals surface area (Å²) in [6, 6.07) is 13.3. The molecule has 166 valence electrons. The molecule has 0 bridgehead atoms. The van der Waals surface area contributed by atoms with Gasteiger partial charge in [0.15, 0.2) is 12.1 Å². The summed E-state index contributed by atoms with van der Waals surface area (Å²) in [5.41, 5.74) is 1.61. The number of benzene rings is 2. The van der Waals surface area contributed by atoms with E-state index >= 15 is 0 Å². The molecule has 3 heterocycles. The highest BCUT2D eigenvalue weighted by Gasteiger charge is 2.29. The first kappa shape index (κ1) is 20.3. The Hall–Kier alpha value is -3.57. The van der Waals surface area contributed by atoms with Crippen LogP contribution in [0.2, 0.25) is 0 Å². The van der Waals surface area contributed by atoms with Gasteiger partial charge < -0.3 is 20.5 Å². The SMILES string of the molecule is Oc1ccc(NC2=NC(N3CCOCC3)NC(n3c(C(F)F)nc4ccccc43)=N2)cc1. The zero-order valence-corrected chi connectivity index (χ0v) is 16.9. The predicted molar refractivity (Wildman–Crippen MR) is 116 cm³/mol. The van der Waals surface area contributed by atoms with Crippen molar-refractivity contribution in [1.29, 1.82) is 0 Å². The first-order chi connectivity index (χ1) is 15.6. The van der Waals surface area contributed by atoms with Crippen LogP contribution in [0.5, 0.6) is 5.75 Å². The molecular weight excluding hydrogens is 420 g/mol. The summed E-state index contributed by atoms with van der Waals surface area (Å²) >= 11 is 0. The third-order valence-electron chi connectivity index (χ3n) is 5.22. The minimum Gasteiger partial charge on any atom is -0.508 e. The number of imidazole rings is 1. The van der Waals surface area contributed by atoms with Crippen LogP contribution in [0.25, 0.3) is 11.0 Å². The number of anilines is 1. The molecule has 11 heteroatoms. The molecule has 0 aliphatic carbocycles. The molecule has 3 aromatic rings. The molecule has 1 fully saturated rings. The lowest BCUT2D eigenvalue weighted by molar-refractivity contribution is 0.0147. The number of fused-ring (bicyclic) bond motifs is 1. The Kier molecular flexibility index (Phi) is 5.41. The number of alkyl halides is 2. The van der Waals surface area contributed by atoms with E-state index in [0.29, 0.717) is 43.0 Å². The van der Waals surface area contributed by atoms with Crippen molar-refractivity contribution < 1.29 is 18.6 Å². The number of guanidine groups is 1. The second-order valence-corrected chi connectivity index (χ2v) is 7.32. The lowest BCUT2D eigenvalue weighted by atomic mass is 10.3. The molecule has 0 saturated carbocycles. The number of ether oxygens (including phenoxy) is 1. The molecule has 2 aliphatic heterocycles. The number of hydrogen-bond donors (Lipinski definition) is 3. The number of aromatic nitrogens is 2. The molecule has 1 saturated heterocycles. The van der Waals surface area contributed by atoms with E-state index in [9.17, 15) is 13.9 Å². The standard InChI is InChI=1S/C21H21F2N7O2/c22-17(23)18-25-15-3-1-2-4-16(15)30(18)21-27-19(24-13-5-7-14(31)8-6-13)26-20(28-21)29-9-11-32-12-10-29/h1-8,17,20,31H,9-12H2,(H2,24,26,27,28). The normalized spacial score (nSPS) is 19.5. The van der Waals surface area contributed by atoms with E-state index in [1.807, 2.05) is 0 Å². The Morgan fingerprint density at radius 2 is 1.84 bits per heavy atom. The molecule has 0 spiro atoms. The smallest absolute Gasteiger partial charge is 0.296 e. The molecule has 2 aliphatic rings. The molecular formula is C21H21F2N7O2. The van der Waals surface area contributed by atoms with Crippen molar-refractivity contribution in [3.05, 3.63) is 54.4 Å². The van der Waals surface area contributed by atoms with Crippen LogP contribution in [0.1, 0.15) is 12.2 Å². The van der Waals surface area contributed by atoms with Gasteiger partial charge in [-0.25, -0.2) is 18.8 Å². The number of nitrogens with zero attached hydrogens (tertiary/aromatic N) is 5. The van der Waals surface area contributed by atoms with Crippen molar-refractivity contribution >= 4 is 28.6 Å². The third kappa shape index (κ3) is 3.99. The number of morpholine rings is 1. The van der Waals surface area contributed by atoms with Gasteiger partial charge in [0.25, 0.3) is 6.43 Å². The van der Waals surface area contributed by atoms with Gasteiger partial charge >= 0.3 is 0 Å². The van der Waals surface area contributed by atoms with Gasteiger partial charge in [-0.2, -0.15) is 4.99 Å². The zero-order chi connectivity index (χ0) is 22.1. The van der Waals surface area contributed by atoms with Gasteiger partial charge in [-0.3, -0.25) is 9.47 Å². The molecule has 1 unspecified atom stereocenters. The number of rotatable bonds is 3. The molecule has 9 nitrogen and oxygen atoms in total. The summed E-state index contributed by atoms with van der Waals surface area (Å²) in [6.45, 7) is 2.37. The van der Waals surface area contributed by atoms with E-state index in [1.165, 1.54) is 16.7 Å². The fraction of sp³-hybridized carbons (Fsp3) is 0.286. The zero-order valence-electron chi connectivity index (χ0n) is 16.9. The molecule has 5 rings (SSSR count). The number of aliphatic imine (C=N–C) groups is 2. The molecule has 0 radical (unpaired) electrons. The monoisotopic (exact) mass is 441 g/mol. The van der Waals surface area contributed by atoms with Crippen LogP contribution >= 0.6 is 0 Å². The number of aromatic hydroxyl groups is 1. The maximum atomic E-state index is 13.9. The van der Waals surface area contributed by atoms with Crippen LogP contribution in [0.3, 0.4) is 0 Å². The minimum absolute atomic E-state index is 0.129. The Balaban J connectivity index is 1.57. The summed E-state index contributed by atoms with van der Waals surface area (Å²) in [5.74, 6) is 0.175. The van der Waals surface area contributed by atoms with Crippen molar-refractivity contribution in [2.45, 2.75) is 12.7 Å². The number of hydrogen-bond acceptors (Lipinski definition) is 8. The van der Waals surface area contributed by atoms with Crippen LogP contribution in [0.15, 0.2) is 58.5 Å². The van der Waals surface area contributed by atoms with Crippen LogP contribution in [-0.2, 0) is 4.74 Å². The van der Waals surface area contributed by atoms with Gasteiger partial charge in [-0.05, 0) is 36.4 Å². The Labute approximate surface area is 182 Å². The highest BCUT2D eigenvalue weighted by molar-refractivity contribution is 6.06. The average Bonchev–Trinajstić information content (AvgIpc) is 3.21. The Bertz CT molecular complexity index is 1170. The topological polar surface area (TPSA) is 99.3 Å². The first-order valence-corrected chi connectivity index (χ1v) is 10.2. The highest BCUT2D eigenvalue weighted by atomic mass is 19.3. The maximum absolute atomic E-state index is 13.9. The fourth-order valence-electron chi connectivity index (χ4n) is 3.68. The molecule has 3 N–H and O–H groups in total. The van der Waals surface area contributed by atoms with Crippen LogP contribution in [0, 0.1) is 0 Å². The van der Waals surface area contributed by atoms with E-state index < -0.39 is 18.5 Å². The number of para-hydroxylation sites is 2. The lowest BCUT2D eigenvalue weighted by Crippen LogP contribution is -2.55. The van der Waals surface area contributed by atoms with E-state index in [1.54, 1.807) is 36.4 Å². The number of nitrogens with one attached hydrogen (secondary N) is 2. The second kappa shape index (κ2) is 8.52. The van der Waals surface area contributed by atoms with E-state index in [4.69, 9.17) is 4.74 Å². The number of halogens is 2. The Morgan fingerprint density at radius 1 is 1.09 bits per heavy atom. The predicted octanol–water partition coefficient (Wildman–Crippen LogP) is 2.57.